The summed E-state index contributed by atoms with van der Waals surface area (Å²) in [7, 11) is 0. The van der Waals surface area contributed by atoms with E-state index < -0.39 is 5.41 Å². The van der Waals surface area contributed by atoms with Crippen molar-refractivity contribution < 1.29 is 9.59 Å². The van der Waals surface area contributed by atoms with Gasteiger partial charge in [0.05, 0.1) is 6.04 Å². The Morgan fingerprint density at radius 2 is 1.97 bits per heavy atom. The molecule has 3 N–H and O–H groups in total. The number of benzene rings is 1. The molecule has 0 radical (unpaired) electrons. The summed E-state index contributed by atoms with van der Waals surface area (Å²) in [5.74, 6) is -0.335. The Morgan fingerprint density at radius 1 is 1.21 bits per heavy atom. The lowest BCUT2D eigenvalue weighted by Gasteiger charge is -2.22. The van der Waals surface area contributed by atoms with Crippen molar-refractivity contribution in [2.75, 3.05) is 23.7 Å². The van der Waals surface area contributed by atoms with Gasteiger partial charge in [-0.15, -0.1) is 12.4 Å². The Kier molecular flexibility index (Phi) is 7.43. The summed E-state index contributed by atoms with van der Waals surface area (Å²) in [6, 6.07) is 7.50. The first kappa shape index (κ1) is 22.9. The number of amides is 2. The van der Waals surface area contributed by atoms with Gasteiger partial charge in [-0.2, -0.15) is 5.10 Å². The van der Waals surface area contributed by atoms with Gasteiger partial charge in [0.15, 0.2) is 5.69 Å². The van der Waals surface area contributed by atoms with Crippen LogP contribution in [0.1, 0.15) is 55.7 Å². The highest BCUT2D eigenvalue weighted by atomic mass is 35.5. The number of nitrogens with zero attached hydrogens (tertiary/aromatic N) is 2. The molecule has 8 heteroatoms. The van der Waals surface area contributed by atoms with Gasteiger partial charge in [0.2, 0.25) is 5.91 Å². The van der Waals surface area contributed by atoms with E-state index >= 15 is 0 Å². The molecule has 0 saturated carbocycles. The van der Waals surface area contributed by atoms with Crippen molar-refractivity contribution in [3.63, 3.8) is 0 Å². The Hall–Kier alpha value is -2.38. The van der Waals surface area contributed by atoms with Crippen molar-refractivity contribution in [1.29, 1.82) is 0 Å². The molecular weight excluding hydrogens is 390 g/mol. The van der Waals surface area contributed by atoms with Crippen molar-refractivity contribution in [3.8, 4) is 0 Å². The molecule has 2 amide bonds. The zero-order valence-corrected chi connectivity index (χ0v) is 18.2. The van der Waals surface area contributed by atoms with Gasteiger partial charge in [-0.3, -0.25) is 14.3 Å². The van der Waals surface area contributed by atoms with Crippen LogP contribution in [0.4, 0.5) is 11.4 Å². The van der Waals surface area contributed by atoms with Crippen LogP contribution >= 0.6 is 12.4 Å². The molecule has 29 heavy (non-hydrogen) atoms. The lowest BCUT2D eigenvalue weighted by Crippen LogP contribution is -2.32. The lowest BCUT2D eigenvalue weighted by atomic mass is 9.95. The van der Waals surface area contributed by atoms with E-state index in [2.05, 4.69) is 21.0 Å². The number of hydrogen-bond donors (Lipinski definition) is 3. The minimum absolute atomic E-state index is 0. The van der Waals surface area contributed by atoms with Gasteiger partial charge >= 0.3 is 0 Å². The van der Waals surface area contributed by atoms with Crippen molar-refractivity contribution in [1.82, 2.24) is 15.1 Å². The number of anilines is 2. The number of aromatic nitrogens is 2. The van der Waals surface area contributed by atoms with Crippen LogP contribution < -0.4 is 16.0 Å². The molecule has 1 fully saturated rings. The molecular formula is C21H30ClN5O2. The van der Waals surface area contributed by atoms with Gasteiger partial charge in [-0.25, -0.2) is 0 Å². The van der Waals surface area contributed by atoms with Crippen LogP contribution in [0.2, 0.25) is 0 Å². The van der Waals surface area contributed by atoms with Crippen LogP contribution in [-0.2, 0) is 4.79 Å². The molecule has 1 aromatic heterocycles. The van der Waals surface area contributed by atoms with E-state index in [9.17, 15) is 9.59 Å². The number of carbonyl (C=O) groups is 2. The molecule has 158 valence electrons. The molecule has 2 aromatic rings. The van der Waals surface area contributed by atoms with E-state index in [1.54, 1.807) is 12.1 Å². The fourth-order valence-electron chi connectivity index (χ4n) is 3.06. The highest BCUT2D eigenvalue weighted by molar-refractivity contribution is 6.03. The van der Waals surface area contributed by atoms with Gasteiger partial charge in [-0.05, 0) is 50.1 Å². The smallest absolute Gasteiger partial charge is 0.276 e. The van der Waals surface area contributed by atoms with Crippen LogP contribution in [-0.4, -0.2) is 34.7 Å². The summed E-state index contributed by atoms with van der Waals surface area (Å²) in [6.07, 6.45) is 4.03. The summed E-state index contributed by atoms with van der Waals surface area (Å²) >= 11 is 0. The Morgan fingerprint density at radius 3 is 2.62 bits per heavy atom. The fourth-order valence-corrected chi connectivity index (χ4v) is 3.06. The fraction of sp³-hybridized carbons (Fsp3) is 0.476. The molecule has 3 rings (SSSR count). The number of piperidine rings is 1. The van der Waals surface area contributed by atoms with Gasteiger partial charge in [0, 0.05) is 29.5 Å². The summed E-state index contributed by atoms with van der Waals surface area (Å²) in [6.45, 7) is 9.41. The Bertz CT molecular complexity index is 866. The van der Waals surface area contributed by atoms with Crippen LogP contribution in [0, 0.1) is 12.3 Å². The number of aryl methyl sites for hydroxylation is 1. The van der Waals surface area contributed by atoms with E-state index in [4.69, 9.17) is 0 Å². The minimum atomic E-state index is -0.494. The number of carbonyl (C=O) groups excluding carboxylic acids is 2. The third kappa shape index (κ3) is 5.81. The van der Waals surface area contributed by atoms with E-state index in [0.717, 1.165) is 31.5 Å². The molecule has 0 spiro atoms. The number of nitrogens with one attached hydrogen (secondary N) is 3. The zero-order chi connectivity index (χ0) is 20.3. The second-order valence-electron chi connectivity index (χ2n) is 8.37. The van der Waals surface area contributed by atoms with Crippen molar-refractivity contribution >= 4 is 35.6 Å². The molecule has 1 atom stereocenters. The lowest BCUT2D eigenvalue weighted by molar-refractivity contribution is -0.123. The summed E-state index contributed by atoms with van der Waals surface area (Å²) in [5.41, 5.74) is 2.13. The van der Waals surface area contributed by atoms with E-state index in [-0.39, 0.29) is 30.3 Å². The highest BCUT2D eigenvalue weighted by Gasteiger charge is 2.22. The molecule has 7 nitrogen and oxygen atoms in total. The Balaban J connectivity index is 0.00000300. The first-order valence-electron chi connectivity index (χ1n) is 9.73. The largest absolute Gasteiger partial charge is 0.325 e. The highest BCUT2D eigenvalue weighted by Crippen LogP contribution is 2.24. The SMILES string of the molecule is Cc1ccc(NC(=O)c2ccn(C3CCCNC3)n2)cc1NC(=O)C(C)(C)C.Cl. The van der Waals surface area contributed by atoms with Crippen LogP contribution in [0.3, 0.4) is 0 Å². The maximum absolute atomic E-state index is 12.6. The summed E-state index contributed by atoms with van der Waals surface area (Å²) in [4.78, 5) is 24.9. The topological polar surface area (TPSA) is 88.1 Å². The summed E-state index contributed by atoms with van der Waals surface area (Å²) in [5, 5.41) is 13.6. The van der Waals surface area contributed by atoms with Gasteiger partial charge in [0.1, 0.15) is 0 Å². The first-order chi connectivity index (χ1) is 13.2. The molecule has 0 aliphatic carbocycles. The minimum Gasteiger partial charge on any atom is -0.325 e. The third-order valence-corrected chi connectivity index (χ3v) is 4.91. The maximum atomic E-state index is 12.6. The van der Waals surface area contributed by atoms with Gasteiger partial charge in [-0.1, -0.05) is 26.8 Å². The maximum Gasteiger partial charge on any atom is 0.276 e. The van der Waals surface area contributed by atoms with E-state index in [0.29, 0.717) is 17.1 Å². The average Bonchev–Trinajstić information content (AvgIpc) is 3.15. The molecule has 1 unspecified atom stereocenters. The first-order valence-corrected chi connectivity index (χ1v) is 9.73. The molecule has 1 aliphatic heterocycles. The Labute approximate surface area is 178 Å². The zero-order valence-electron chi connectivity index (χ0n) is 17.4. The van der Waals surface area contributed by atoms with Crippen LogP contribution in [0.15, 0.2) is 30.5 Å². The van der Waals surface area contributed by atoms with Crippen molar-refractivity contribution in [2.45, 2.75) is 46.6 Å². The molecule has 1 aromatic carbocycles. The molecule has 0 bridgehead atoms. The van der Waals surface area contributed by atoms with Crippen LogP contribution in [0.5, 0.6) is 0 Å². The predicted molar refractivity (Wildman–Crippen MR) is 118 cm³/mol. The second-order valence-corrected chi connectivity index (χ2v) is 8.37. The normalized spacial score (nSPS) is 16.6. The predicted octanol–water partition coefficient (Wildman–Crippen LogP) is 3.77. The van der Waals surface area contributed by atoms with Crippen LogP contribution in [0.25, 0.3) is 0 Å². The average molecular weight is 420 g/mol. The number of hydrogen-bond acceptors (Lipinski definition) is 4. The molecule has 1 saturated heterocycles. The van der Waals surface area contributed by atoms with Gasteiger partial charge in [0.25, 0.3) is 5.91 Å². The quantitative estimate of drug-likeness (QED) is 0.703. The second kappa shape index (κ2) is 9.41. The van der Waals surface area contributed by atoms with Gasteiger partial charge < -0.3 is 16.0 Å². The van der Waals surface area contributed by atoms with Crippen molar-refractivity contribution in [2.24, 2.45) is 5.41 Å². The van der Waals surface area contributed by atoms with E-state index in [1.165, 1.54) is 0 Å². The van der Waals surface area contributed by atoms with Crippen molar-refractivity contribution in [3.05, 3.63) is 41.7 Å². The number of rotatable bonds is 4. The standard InChI is InChI=1S/C21H29N5O2.ClH/c1-14-7-8-15(12-18(14)24-20(28)21(2,3)4)23-19(27)17-9-11-26(25-17)16-6-5-10-22-13-16;/h7-9,11-12,16,22H,5-6,10,13H2,1-4H3,(H,23,27)(H,24,28);1H. The monoisotopic (exact) mass is 419 g/mol. The van der Waals surface area contributed by atoms with E-state index in [1.807, 2.05) is 50.7 Å². The third-order valence-electron chi connectivity index (χ3n) is 4.91. The summed E-state index contributed by atoms with van der Waals surface area (Å²) < 4.78 is 1.87. The molecule has 1 aliphatic rings. The number of halogens is 1. The molecule has 2 heterocycles.